The van der Waals surface area contributed by atoms with E-state index in [2.05, 4.69) is 9.97 Å². The Balaban J connectivity index is 2.21. The molecular weight excluding hydrogens is 280 g/mol. The Morgan fingerprint density at radius 2 is 2.14 bits per heavy atom. The largest absolute Gasteiger partial charge is 0.496 e. The molecule has 0 bridgehead atoms. The van der Waals surface area contributed by atoms with Crippen molar-refractivity contribution in [2.24, 2.45) is 0 Å². The zero-order chi connectivity index (χ0) is 15.5. The average Bonchev–Trinajstić information content (AvgIpc) is 2.91. The van der Waals surface area contributed by atoms with Gasteiger partial charge in [0.1, 0.15) is 5.75 Å². The van der Waals surface area contributed by atoms with Gasteiger partial charge in [0, 0.05) is 40.1 Å². The van der Waals surface area contributed by atoms with E-state index in [-0.39, 0.29) is 6.42 Å². The molecule has 0 saturated carbocycles. The van der Waals surface area contributed by atoms with Crippen LogP contribution in [0.1, 0.15) is 12.1 Å². The van der Waals surface area contributed by atoms with Gasteiger partial charge in [-0.3, -0.25) is 9.78 Å². The molecule has 112 valence electrons. The molecule has 0 aliphatic heterocycles. The minimum Gasteiger partial charge on any atom is -0.496 e. The van der Waals surface area contributed by atoms with Gasteiger partial charge in [-0.25, -0.2) is 0 Å². The van der Waals surface area contributed by atoms with Gasteiger partial charge in [-0.2, -0.15) is 0 Å². The van der Waals surface area contributed by atoms with Gasteiger partial charge in [-0.05, 0) is 18.6 Å². The molecule has 2 N–H and O–H groups in total. The van der Waals surface area contributed by atoms with Crippen LogP contribution in [0.4, 0.5) is 0 Å². The summed E-state index contributed by atoms with van der Waals surface area (Å²) in [6.07, 6.45) is 3.92. The lowest BCUT2D eigenvalue weighted by molar-refractivity contribution is -0.136. The minimum atomic E-state index is -0.817. The number of aliphatic carboxylic acids is 1. The maximum absolute atomic E-state index is 10.9. The molecule has 1 aromatic carbocycles. The first-order valence-corrected chi connectivity index (χ1v) is 7.00. The number of nitrogens with one attached hydrogen (secondary N) is 1. The third-order valence-corrected chi connectivity index (χ3v) is 3.64. The summed E-state index contributed by atoms with van der Waals surface area (Å²) in [5, 5.41) is 10.00. The van der Waals surface area contributed by atoms with Crippen LogP contribution in [0.3, 0.4) is 0 Å². The van der Waals surface area contributed by atoms with Crippen molar-refractivity contribution in [1.82, 2.24) is 9.97 Å². The standard InChI is InChI=1S/C17H16N2O3/c1-22-15-8-9-18-10-12(15)17-11-4-2-3-5-13(11)19-14(17)6-7-16(20)21/h2-5,8-10,19H,6-7H2,1H3,(H,20,21). The molecule has 0 fully saturated rings. The molecule has 0 atom stereocenters. The van der Waals surface area contributed by atoms with E-state index in [0.29, 0.717) is 6.42 Å². The normalized spacial score (nSPS) is 10.8. The number of hydrogen-bond acceptors (Lipinski definition) is 3. The van der Waals surface area contributed by atoms with Crippen molar-refractivity contribution in [1.29, 1.82) is 0 Å². The maximum atomic E-state index is 10.9. The highest BCUT2D eigenvalue weighted by Gasteiger charge is 2.17. The first kappa shape index (κ1) is 14.1. The van der Waals surface area contributed by atoms with Crippen molar-refractivity contribution >= 4 is 16.9 Å². The number of methoxy groups -OCH3 is 1. The number of benzene rings is 1. The Hall–Kier alpha value is -2.82. The SMILES string of the molecule is COc1ccncc1-c1c(CCC(=O)O)[nH]c2ccccc12. The Bertz CT molecular complexity index is 824. The summed E-state index contributed by atoms with van der Waals surface area (Å²) in [5.41, 5.74) is 3.68. The van der Waals surface area contributed by atoms with Crippen LogP contribution in [0, 0.1) is 0 Å². The molecular formula is C17H16N2O3. The summed E-state index contributed by atoms with van der Waals surface area (Å²) in [6, 6.07) is 9.70. The van der Waals surface area contributed by atoms with Gasteiger partial charge < -0.3 is 14.8 Å². The van der Waals surface area contributed by atoms with Crippen LogP contribution in [0.2, 0.25) is 0 Å². The number of H-pyrrole nitrogens is 1. The van der Waals surface area contributed by atoms with Crippen molar-refractivity contribution in [3.8, 4) is 16.9 Å². The van der Waals surface area contributed by atoms with E-state index >= 15 is 0 Å². The van der Waals surface area contributed by atoms with Gasteiger partial charge in [-0.1, -0.05) is 18.2 Å². The van der Waals surface area contributed by atoms with E-state index in [1.165, 1.54) is 0 Å². The van der Waals surface area contributed by atoms with Gasteiger partial charge in [0.25, 0.3) is 0 Å². The molecule has 3 rings (SSSR count). The Kier molecular flexibility index (Phi) is 3.78. The van der Waals surface area contributed by atoms with Crippen molar-refractivity contribution in [2.45, 2.75) is 12.8 Å². The smallest absolute Gasteiger partial charge is 0.303 e. The number of nitrogens with zero attached hydrogens (tertiary/aromatic N) is 1. The zero-order valence-electron chi connectivity index (χ0n) is 12.2. The quantitative estimate of drug-likeness (QED) is 0.757. The van der Waals surface area contributed by atoms with Crippen LogP contribution in [-0.2, 0) is 11.2 Å². The minimum absolute atomic E-state index is 0.0718. The molecule has 0 aliphatic rings. The number of rotatable bonds is 5. The molecule has 2 heterocycles. The van der Waals surface area contributed by atoms with E-state index in [1.54, 1.807) is 25.6 Å². The van der Waals surface area contributed by atoms with Crippen LogP contribution in [0.25, 0.3) is 22.0 Å². The number of aryl methyl sites for hydroxylation is 1. The second-order valence-corrected chi connectivity index (χ2v) is 4.99. The van der Waals surface area contributed by atoms with Crippen molar-refractivity contribution in [3.05, 3.63) is 48.4 Å². The lowest BCUT2D eigenvalue weighted by Gasteiger charge is -2.09. The third-order valence-electron chi connectivity index (χ3n) is 3.64. The first-order chi connectivity index (χ1) is 10.7. The zero-order valence-corrected chi connectivity index (χ0v) is 12.2. The number of carboxylic acids is 1. The van der Waals surface area contributed by atoms with E-state index in [4.69, 9.17) is 9.84 Å². The van der Waals surface area contributed by atoms with Crippen LogP contribution in [-0.4, -0.2) is 28.2 Å². The molecule has 0 unspecified atom stereocenters. The molecule has 0 spiro atoms. The maximum Gasteiger partial charge on any atom is 0.303 e. The van der Waals surface area contributed by atoms with E-state index in [0.717, 1.165) is 33.5 Å². The topological polar surface area (TPSA) is 75.2 Å². The fourth-order valence-electron chi connectivity index (χ4n) is 2.67. The van der Waals surface area contributed by atoms with Crippen molar-refractivity contribution in [2.75, 3.05) is 7.11 Å². The molecule has 0 saturated heterocycles. The molecule has 2 aromatic heterocycles. The number of hydrogen-bond donors (Lipinski definition) is 2. The summed E-state index contributed by atoms with van der Waals surface area (Å²) in [4.78, 5) is 18.4. The Morgan fingerprint density at radius 1 is 1.32 bits per heavy atom. The number of pyridine rings is 1. The van der Waals surface area contributed by atoms with Gasteiger partial charge >= 0.3 is 5.97 Å². The van der Waals surface area contributed by atoms with Crippen LogP contribution < -0.4 is 4.74 Å². The summed E-state index contributed by atoms with van der Waals surface area (Å²) in [6.45, 7) is 0. The van der Waals surface area contributed by atoms with E-state index in [1.807, 2.05) is 24.3 Å². The third kappa shape index (κ3) is 2.53. The number of fused-ring (bicyclic) bond motifs is 1. The molecule has 0 aliphatic carbocycles. The Labute approximate surface area is 127 Å². The Morgan fingerprint density at radius 3 is 2.91 bits per heavy atom. The van der Waals surface area contributed by atoms with Gasteiger partial charge in [0.2, 0.25) is 0 Å². The molecule has 5 nitrogen and oxygen atoms in total. The first-order valence-electron chi connectivity index (χ1n) is 7.00. The summed E-state index contributed by atoms with van der Waals surface area (Å²) in [5.74, 6) is -0.0981. The second kappa shape index (κ2) is 5.89. The van der Waals surface area contributed by atoms with Gasteiger partial charge in [-0.15, -0.1) is 0 Å². The summed E-state index contributed by atoms with van der Waals surface area (Å²) >= 11 is 0. The fourth-order valence-corrected chi connectivity index (χ4v) is 2.67. The molecule has 22 heavy (non-hydrogen) atoms. The van der Waals surface area contributed by atoms with Crippen LogP contribution >= 0.6 is 0 Å². The number of para-hydroxylation sites is 1. The second-order valence-electron chi connectivity index (χ2n) is 4.99. The summed E-state index contributed by atoms with van der Waals surface area (Å²) in [7, 11) is 1.62. The van der Waals surface area contributed by atoms with Gasteiger partial charge in [0.15, 0.2) is 0 Å². The van der Waals surface area contributed by atoms with Crippen molar-refractivity contribution in [3.63, 3.8) is 0 Å². The molecule has 3 aromatic rings. The predicted molar refractivity (Wildman–Crippen MR) is 84.0 cm³/mol. The van der Waals surface area contributed by atoms with Crippen molar-refractivity contribution < 1.29 is 14.6 Å². The highest BCUT2D eigenvalue weighted by atomic mass is 16.5. The molecule has 0 amide bonds. The summed E-state index contributed by atoms with van der Waals surface area (Å²) < 4.78 is 5.43. The average molecular weight is 296 g/mol. The lowest BCUT2D eigenvalue weighted by Crippen LogP contribution is -1.99. The van der Waals surface area contributed by atoms with Crippen LogP contribution in [0.15, 0.2) is 42.7 Å². The number of aromatic nitrogens is 2. The van der Waals surface area contributed by atoms with Gasteiger partial charge in [0.05, 0.1) is 13.5 Å². The number of aromatic amines is 1. The van der Waals surface area contributed by atoms with Crippen LogP contribution in [0.5, 0.6) is 5.75 Å². The van der Waals surface area contributed by atoms with E-state index < -0.39 is 5.97 Å². The number of ether oxygens (including phenoxy) is 1. The number of carbonyl (C=O) groups is 1. The highest BCUT2D eigenvalue weighted by Crippen LogP contribution is 2.37. The highest BCUT2D eigenvalue weighted by molar-refractivity contribution is 5.98. The predicted octanol–water partition coefficient (Wildman–Crippen LogP) is 3.26. The molecule has 5 heteroatoms. The number of carboxylic acid groups (broad SMARTS) is 1. The lowest BCUT2D eigenvalue weighted by atomic mass is 10.0. The monoisotopic (exact) mass is 296 g/mol. The fraction of sp³-hybridized carbons (Fsp3) is 0.176. The van der Waals surface area contributed by atoms with E-state index in [9.17, 15) is 4.79 Å². The molecule has 0 radical (unpaired) electrons.